The number of nitrogens with zero attached hydrogens (tertiary/aromatic N) is 1. The zero-order valence-corrected chi connectivity index (χ0v) is 24.4. The topological polar surface area (TPSA) is 14.1 Å². The van der Waals surface area contributed by atoms with Crippen molar-refractivity contribution >= 4 is 8.24 Å². The Kier molecular flexibility index (Phi) is 15.0. The van der Waals surface area contributed by atoms with E-state index in [1.54, 1.807) is 19.3 Å². The van der Waals surface area contributed by atoms with E-state index in [-0.39, 0.29) is 42.1 Å². The molecule has 3 aliphatic rings. The fourth-order valence-electron chi connectivity index (χ4n) is 6.95. The van der Waals surface area contributed by atoms with Crippen molar-refractivity contribution in [3.8, 4) is 0 Å². The van der Waals surface area contributed by atoms with Crippen LogP contribution in [0.3, 0.4) is 0 Å². The van der Waals surface area contributed by atoms with E-state index in [9.17, 15) is 0 Å². The molecule has 0 aliphatic heterocycles. The summed E-state index contributed by atoms with van der Waals surface area (Å²) in [6.07, 6.45) is 17.8. The van der Waals surface area contributed by atoms with Gasteiger partial charge in [0.05, 0.1) is 0 Å². The van der Waals surface area contributed by atoms with Crippen LogP contribution in [0.2, 0.25) is 18.6 Å². The molecule has 1 nitrogen and oxygen atoms in total. The van der Waals surface area contributed by atoms with Crippen molar-refractivity contribution < 1.29 is 21.7 Å². The molecule has 0 saturated heterocycles. The quantitative estimate of drug-likeness (QED) is 0.224. The molecule has 3 fully saturated rings. The molecule has 0 bridgehead atoms. The van der Waals surface area contributed by atoms with Crippen LogP contribution in [0, 0.1) is 50.5 Å². The Balaban J connectivity index is 0. The van der Waals surface area contributed by atoms with Gasteiger partial charge in [0.1, 0.15) is 0 Å². The molecule has 0 radical (unpaired) electrons. The predicted molar refractivity (Wildman–Crippen MR) is 136 cm³/mol. The molecule has 5 unspecified atom stereocenters. The van der Waals surface area contributed by atoms with Crippen molar-refractivity contribution in [3.05, 3.63) is 44.1 Å². The monoisotopic (exact) mass is 465 g/mol. The van der Waals surface area contributed by atoms with Gasteiger partial charge in [-0.3, -0.25) is 6.08 Å². The molecular weight excluding hydrogens is 414 g/mol. The van der Waals surface area contributed by atoms with E-state index in [4.69, 9.17) is 4.98 Å². The van der Waals surface area contributed by atoms with Crippen LogP contribution in [0.15, 0.2) is 18.2 Å². The molecule has 172 valence electrons. The molecule has 0 aromatic heterocycles. The third-order valence-electron chi connectivity index (χ3n) is 7.22. The number of hydrogen-bond acceptors (Lipinski definition) is 0. The van der Waals surface area contributed by atoms with Gasteiger partial charge in [0.25, 0.3) is 0 Å². The van der Waals surface area contributed by atoms with E-state index in [2.05, 4.69) is 46.9 Å². The molecule has 3 aliphatic carbocycles. The largest absolute Gasteiger partial charge is 4.00 e. The Labute approximate surface area is 207 Å². The van der Waals surface area contributed by atoms with Gasteiger partial charge in [-0.2, -0.15) is 6.08 Å². The molecule has 0 aromatic rings. The molecule has 30 heavy (non-hydrogen) atoms. The third kappa shape index (κ3) is 8.72. The van der Waals surface area contributed by atoms with Crippen molar-refractivity contribution in [2.24, 2.45) is 29.6 Å². The fourth-order valence-corrected chi connectivity index (χ4v) is 11.8. The minimum absolute atomic E-state index is 0. The van der Waals surface area contributed by atoms with Crippen molar-refractivity contribution in [2.45, 2.75) is 104 Å². The van der Waals surface area contributed by atoms with Crippen LogP contribution >= 0.6 is 0 Å². The SMILES string of the molecule is CC=[C-]/C=C/C.C[C@@H]1CC2CC3CCCC3CC2C1[Si](C)(C)[N-]C(C)(C)C.[CH3-].[CH3-].[Ti+4]. The van der Waals surface area contributed by atoms with Crippen LogP contribution in [0.4, 0.5) is 0 Å². The molecule has 3 heteroatoms. The van der Waals surface area contributed by atoms with Gasteiger partial charge >= 0.3 is 21.7 Å². The molecule has 6 atom stereocenters. The average molecular weight is 466 g/mol. The second-order valence-corrected chi connectivity index (χ2v) is 15.2. The zero-order valence-electron chi connectivity index (χ0n) is 21.9. The van der Waals surface area contributed by atoms with Gasteiger partial charge in [-0.1, -0.05) is 80.8 Å². The summed E-state index contributed by atoms with van der Waals surface area (Å²) in [6.45, 7) is 18.5. The molecule has 3 saturated carbocycles. The molecule has 3 rings (SSSR count). The van der Waals surface area contributed by atoms with E-state index < -0.39 is 8.24 Å². The Morgan fingerprint density at radius 3 is 1.97 bits per heavy atom. The minimum atomic E-state index is -1.50. The molecule has 0 amide bonds. The van der Waals surface area contributed by atoms with Crippen LogP contribution in [-0.4, -0.2) is 13.8 Å². The average Bonchev–Trinajstić information content (AvgIpc) is 3.11. The Morgan fingerprint density at radius 2 is 1.50 bits per heavy atom. The molecule has 0 aromatic carbocycles. The van der Waals surface area contributed by atoms with Crippen molar-refractivity contribution in [2.75, 3.05) is 0 Å². The van der Waals surface area contributed by atoms with E-state index >= 15 is 0 Å². The number of hydrogen-bond donors (Lipinski definition) is 0. The van der Waals surface area contributed by atoms with Crippen LogP contribution in [0.25, 0.3) is 4.98 Å². The Hall–Kier alpha value is 0.371. The van der Waals surface area contributed by atoms with Crippen molar-refractivity contribution in [1.82, 2.24) is 0 Å². The van der Waals surface area contributed by atoms with Crippen molar-refractivity contribution in [3.63, 3.8) is 0 Å². The second-order valence-electron chi connectivity index (χ2n) is 11.0. The van der Waals surface area contributed by atoms with E-state index in [0.29, 0.717) is 0 Å². The van der Waals surface area contributed by atoms with E-state index in [0.717, 1.165) is 35.1 Å². The first-order valence-corrected chi connectivity index (χ1v) is 14.5. The molecular formula is C27H51NSiTi. The third-order valence-corrected chi connectivity index (χ3v) is 11.1. The summed E-state index contributed by atoms with van der Waals surface area (Å²) in [6, 6.07) is 0. The second kappa shape index (κ2) is 13.8. The number of rotatable bonds is 3. The summed E-state index contributed by atoms with van der Waals surface area (Å²) in [5, 5.41) is 0. The van der Waals surface area contributed by atoms with Crippen LogP contribution in [0.5, 0.6) is 0 Å². The van der Waals surface area contributed by atoms with Gasteiger partial charge in [0.15, 0.2) is 0 Å². The van der Waals surface area contributed by atoms with Crippen LogP contribution in [0.1, 0.15) is 80.1 Å². The number of allylic oxidation sites excluding steroid dienone is 4. The van der Waals surface area contributed by atoms with Crippen LogP contribution in [-0.2, 0) is 21.7 Å². The maximum atomic E-state index is 5.39. The van der Waals surface area contributed by atoms with Crippen LogP contribution < -0.4 is 0 Å². The first kappa shape index (κ1) is 32.5. The minimum Gasteiger partial charge on any atom is -0.660 e. The maximum Gasteiger partial charge on any atom is 4.00 e. The van der Waals surface area contributed by atoms with E-state index in [1.165, 1.54) is 19.3 Å². The van der Waals surface area contributed by atoms with Gasteiger partial charge in [0.2, 0.25) is 0 Å². The summed E-state index contributed by atoms with van der Waals surface area (Å²) in [5.41, 5.74) is 1.10. The summed E-state index contributed by atoms with van der Waals surface area (Å²) < 4.78 is 0. The Morgan fingerprint density at radius 1 is 0.933 bits per heavy atom. The summed E-state index contributed by atoms with van der Waals surface area (Å²) in [7, 11) is -1.50. The van der Waals surface area contributed by atoms with Gasteiger partial charge in [-0.05, 0) is 48.9 Å². The zero-order chi connectivity index (χ0) is 20.2. The maximum absolute atomic E-state index is 5.39. The number of fused-ring (bicyclic) bond motifs is 2. The summed E-state index contributed by atoms with van der Waals surface area (Å²) >= 11 is 0. The first-order valence-electron chi connectivity index (χ1n) is 11.5. The predicted octanol–water partition coefficient (Wildman–Crippen LogP) is 9.06. The first-order chi connectivity index (χ1) is 12.6. The summed E-state index contributed by atoms with van der Waals surface area (Å²) in [4.78, 5) is 5.39. The van der Waals surface area contributed by atoms with Gasteiger partial charge in [-0.25, -0.2) is 12.2 Å². The fraction of sp³-hybridized carbons (Fsp3) is 0.778. The van der Waals surface area contributed by atoms with Gasteiger partial charge < -0.3 is 19.8 Å². The summed E-state index contributed by atoms with van der Waals surface area (Å²) in [5.74, 6) is 5.17. The van der Waals surface area contributed by atoms with Gasteiger partial charge in [-0.15, -0.1) is 12.5 Å². The smallest absolute Gasteiger partial charge is 0.660 e. The molecule has 0 N–H and O–H groups in total. The normalized spacial score (nSPS) is 32.9. The van der Waals surface area contributed by atoms with Gasteiger partial charge in [0, 0.05) is 0 Å². The standard InChI is InChI=1S/C19H36NSi.C6H9.2CH3.Ti/c1-13-10-16-11-14-8-7-9-15(14)12-17(16)18(13)21(5,6)20-19(2,3)4;1-3-5-6-4-2;;;/h13-18H,7-12H2,1-6H3;3-5H,1-2H3;2*1H3;/q4*-1;+4/b;5-3+;;;/t13-,14?,15?,16?,17?,18?;;;;/m1..../s1. The van der Waals surface area contributed by atoms with Crippen molar-refractivity contribution in [1.29, 1.82) is 0 Å². The molecule has 0 heterocycles. The molecule has 0 spiro atoms. The Bertz CT molecular complexity index is 509. The van der Waals surface area contributed by atoms with E-state index in [1.807, 2.05) is 32.1 Å².